The van der Waals surface area contributed by atoms with Crippen molar-refractivity contribution in [3.63, 3.8) is 0 Å². The molecular weight excluding hydrogens is 200 g/mol. The van der Waals surface area contributed by atoms with Crippen LogP contribution in [-0.4, -0.2) is 18.0 Å². The molecule has 3 heteroatoms. The molecule has 3 N–H and O–H groups in total. The van der Waals surface area contributed by atoms with Crippen molar-refractivity contribution in [2.24, 2.45) is 17.1 Å². The molecule has 1 amide bonds. The quantitative estimate of drug-likeness (QED) is 0.754. The molecule has 0 heterocycles. The predicted molar refractivity (Wildman–Crippen MR) is 67.0 cm³/mol. The molecule has 0 saturated heterocycles. The highest BCUT2D eigenvalue weighted by Crippen LogP contribution is 2.32. The van der Waals surface area contributed by atoms with Gasteiger partial charge in [-0.1, -0.05) is 27.7 Å². The Kier molecular flexibility index (Phi) is 4.00. The van der Waals surface area contributed by atoms with Crippen molar-refractivity contribution >= 4 is 5.91 Å². The maximum atomic E-state index is 11.7. The van der Waals surface area contributed by atoms with Crippen LogP contribution in [0.4, 0.5) is 0 Å². The van der Waals surface area contributed by atoms with E-state index in [1.807, 2.05) is 0 Å². The van der Waals surface area contributed by atoms with Crippen LogP contribution in [0, 0.1) is 11.3 Å². The molecule has 0 spiro atoms. The lowest BCUT2D eigenvalue weighted by Gasteiger charge is -2.38. The molecule has 0 aromatic carbocycles. The first-order valence-electron chi connectivity index (χ1n) is 6.31. The van der Waals surface area contributed by atoms with Gasteiger partial charge >= 0.3 is 0 Å². The van der Waals surface area contributed by atoms with Gasteiger partial charge in [0, 0.05) is 18.5 Å². The van der Waals surface area contributed by atoms with Crippen LogP contribution in [0.25, 0.3) is 0 Å². The van der Waals surface area contributed by atoms with E-state index in [-0.39, 0.29) is 16.9 Å². The van der Waals surface area contributed by atoms with Crippen molar-refractivity contribution in [2.45, 2.75) is 58.9 Å². The molecule has 1 saturated carbocycles. The first-order chi connectivity index (χ1) is 7.25. The van der Waals surface area contributed by atoms with Crippen LogP contribution in [0.3, 0.4) is 0 Å². The summed E-state index contributed by atoms with van der Waals surface area (Å²) in [5, 5.41) is 3.01. The summed E-state index contributed by atoms with van der Waals surface area (Å²) in [5.74, 6) is 0.666. The maximum absolute atomic E-state index is 11.7. The molecule has 0 aromatic rings. The molecule has 0 radical (unpaired) electrons. The Balaban J connectivity index is 2.30. The van der Waals surface area contributed by atoms with Crippen molar-refractivity contribution in [1.29, 1.82) is 0 Å². The van der Waals surface area contributed by atoms with Gasteiger partial charge in [0.2, 0.25) is 5.91 Å². The summed E-state index contributed by atoms with van der Waals surface area (Å²) in [6.45, 7) is 9.46. The van der Waals surface area contributed by atoms with Crippen LogP contribution in [-0.2, 0) is 4.79 Å². The van der Waals surface area contributed by atoms with E-state index in [9.17, 15) is 4.79 Å². The van der Waals surface area contributed by atoms with Crippen LogP contribution < -0.4 is 11.1 Å². The van der Waals surface area contributed by atoms with Gasteiger partial charge in [0.05, 0.1) is 0 Å². The third-order valence-corrected chi connectivity index (χ3v) is 4.17. The van der Waals surface area contributed by atoms with Gasteiger partial charge in [-0.2, -0.15) is 0 Å². The lowest BCUT2D eigenvalue weighted by atomic mass is 9.75. The number of hydrogen-bond acceptors (Lipinski definition) is 2. The van der Waals surface area contributed by atoms with E-state index >= 15 is 0 Å². The first kappa shape index (κ1) is 13.5. The second-order valence-electron chi connectivity index (χ2n) is 6.31. The van der Waals surface area contributed by atoms with Gasteiger partial charge < -0.3 is 11.1 Å². The van der Waals surface area contributed by atoms with Gasteiger partial charge in [-0.15, -0.1) is 0 Å². The average molecular weight is 226 g/mol. The summed E-state index contributed by atoms with van der Waals surface area (Å²) in [6, 6.07) is 0. The standard InChI is InChI=1S/C13H26N2O/c1-10(2)12(3,4)9-15-11(16)8-13(14)6-5-7-13/h10H,5-9,14H2,1-4H3,(H,15,16). The minimum atomic E-state index is -0.202. The van der Waals surface area contributed by atoms with Crippen molar-refractivity contribution < 1.29 is 4.79 Å². The zero-order valence-corrected chi connectivity index (χ0v) is 11.1. The van der Waals surface area contributed by atoms with E-state index < -0.39 is 0 Å². The lowest BCUT2D eigenvalue weighted by Crippen LogP contribution is -2.50. The molecule has 0 unspecified atom stereocenters. The minimum Gasteiger partial charge on any atom is -0.355 e. The number of nitrogens with two attached hydrogens (primary N) is 1. The smallest absolute Gasteiger partial charge is 0.221 e. The van der Waals surface area contributed by atoms with Crippen molar-refractivity contribution in [2.75, 3.05) is 6.54 Å². The number of hydrogen-bond donors (Lipinski definition) is 2. The van der Waals surface area contributed by atoms with Crippen molar-refractivity contribution in [1.82, 2.24) is 5.32 Å². The van der Waals surface area contributed by atoms with Gasteiger partial charge in [-0.3, -0.25) is 4.79 Å². The zero-order chi connectivity index (χ0) is 12.4. The topological polar surface area (TPSA) is 55.1 Å². The minimum absolute atomic E-state index is 0.107. The van der Waals surface area contributed by atoms with E-state index in [1.54, 1.807) is 0 Å². The molecule has 0 atom stereocenters. The fraction of sp³-hybridized carbons (Fsp3) is 0.923. The third kappa shape index (κ3) is 3.48. The third-order valence-electron chi connectivity index (χ3n) is 4.17. The molecule has 0 aliphatic heterocycles. The summed E-state index contributed by atoms with van der Waals surface area (Å²) in [7, 11) is 0. The van der Waals surface area contributed by atoms with E-state index in [4.69, 9.17) is 5.73 Å². The highest BCUT2D eigenvalue weighted by atomic mass is 16.1. The summed E-state index contributed by atoms with van der Waals surface area (Å²) >= 11 is 0. The maximum Gasteiger partial charge on any atom is 0.221 e. The molecule has 1 aliphatic rings. The zero-order valence-electron chi connectivity index (χ0n) is 11.1. The number of rotatable bonds is 5. The lowest BCUT2D eigenvalue weighted by molar-refractivity contribution is -0.123. The highest BCUT2D eigenvalue weighted by Gasteiger charge is 2.35. The van der Waals surface area contributed by atoms with Crippen LogP contribution in [0.1, 0.15) is 53.4 Å². The van der Waals surface area contributed by atoms with E-state index in [1.165, 1.54) is 6.42 Å². The largest absolute Gasteiger partial charge is 0.355 e. The molecule has 0 bridgehead atoms. The van der Waals surface area contributed by atoms with Gasteiger partial charge in [0.15, 0.2) is 0 Å². The fourth-order valence-corrected chi connectivity index (χ4v) is 1.72. The van der Waals surface area contributed by atoms with Crippen molar-refractivity contribution in [3.8, 4) is 0 Å². The van der Waals surface area contributed by atoms with Gasteiger partial charge in [-0.25, -0.2) is 0 Å². The molecular formula is C13H26N2O. The summed E-state index contributed by atoms with van der Waals surface area (Å²) in [6.07, 6.45) is 3.64. The number of amides is 1. The SMILES string of the molecule is CC(C)C(C)(C)CNC(=O)CC1(N)CCC1. The molecule has 0 aromatic heterocycles. The Morgan fingerprint density at radius 3 is 2.38 bits per heavy atom. The normalized spacial score (nSPS) is 19.4. The van der Waals surface area contributed by atoms with Crippen LogP contribution >= 0.6 is 0 Å². The first-order valence-corrected chi connectivity index (χ1v) is 6.31. The number of nitrogens with one attached hydrogen (secondary N) is 1. The monoisotopic (exact) mass is 226 g/mol. The Morgan fingerprint density at radius 1 is 1.44 bits per heavy atom. The molecule has 1 fully saturated rings. The molecule has 16 heavy (non-hydrogen) atoms. The van der Waals surface area contributed by atoms with Crippen LogP contribution in [0.15, 0.2) is 0 Å². The Labute approximate surface area is 99.2 Å². The average Bonchev–Trinajstić information content (AvgIpc) is 2.12. The molecule has 94 valence electrons. The van der Waals surface area contributed by atoms with Gasteiger partial charge in [-0.05, 0) is 30.6 Å². The molecule has 1 aliphatic carbocycles. The summed E-state index contributed by atoms with van der Waals surface area (Å²) < 4.78 is 0. The molecule has 1 rings (SSSR count). The fourth-order valence-electron chi connectivity index (χ4n) is 1.72. The van der Waals surface area contributed by atoms with Crippen LogP contribution in [0.2, 0.25) is 0 Å². The van der Waals surface area contributed by atoms with Gasteiger partial charge in [0.25, 0.3) is 0 Å². The second-order valence-corrected chi connectivity index (χ2v) is 6.31. The second kappa shape index (κ2) is 4.74. The Morgan fingerprint density at radius 2 is 2.00 bits per heavy atom. The number of carbonyl (C=O) groups excluding carboxylic acids is 1. The summed E-state index contributed by atoms with van der Waals surface area (Å²) in [4.78, 5) is 11.7. The number of carbonyl (C=O) groups is 1. The Bertz CT molecular complexity index is 255. The molecule has 3 nitrogen and oxygen atoms in total. The van der Waals surface area contributed by atoms with E-state index in [0.29, 0.717) is 12.3 Å². The van der Waals surface area contributed by atoms with Gasteiger partial charge in [0.1, 0.15) is 0 Å². The van der Waals surface area contributed by atoms with E-state index in [0.717, 1.165) is 19.4 Å². The highest BCUT2D eigenvalue weighted by molar-refractivity contribution is 5.77. The van der Waals surface area contributed by atoms with Crippen LogP contribution in [0.5, 0.6) is 0 Å². The summed E-state index contributed by atoms with van der Waals surface area (Å²) in [5.41, 5.74) is 5.99. The van der Waals surface area contributed by atoms with E-state index in [2.05, 4.69) is 33.0 Å². The Hall–Kier alpha value is -0.570. The predicted octanol–water partition coefficient (Wildman–Crippen LogP) is 2.06. The van der Waals surface area contributed by atoms with Crippen molar-refractivity contribution in [3.05, 3.63) is 0 Å².